The molecule has 2 rings (SSSR count). The van der Waals surface area contributed by atoms with Gasteiger partial charge in [-0.2, -0.15) is 0 Å². The summed E-state index contributed by atoms with van der Waals surface area (Å²) in [5, 5.41) is 5.42. The van der Waals surface area contributed by atoms with Crippen LogP contribution in [0.2, 0.25) is 0 Å². The number of rotatable bonds is 7. The summed E-state index contributed by atoms with van der Waals surface area (Å²) in [6, 6.07) is 14.8. The zero-order valence-corrected chi connectivity index (χ0v) is 14.4. The first-order valence-electron chi connectivity index (χ1n) is 7.30. The molecule has 2 N–H and O–H groups in total. The van der Waals surface area contributed by atoms with E-state index in [4.69, 9.17) is 9.47 Å². The number of benzene rings is 2. The summed E-state index contributed by atoms with van der Waals surface area (Å²) in [7, 11) is 0. The lowest BCUT2D eigenvalue weighted by Crippen LogP contribution is -2.37. The Morgan fingerprint density at radius 1 is 1.00 bits per heavy atom. The van der Waals surface area contributed by atoms with E-state index in [0.717, 1.165) is 10.0 Å². The number of halogens is 1. The van der Waals surface area contributed by atoms with Crippen LogP contribution in [-0.4, -0.2) is 19.4 Å². The normalized spacial score (nSPS) is 10.0. The van der Waals surface area contributed by atoms with Crippen molar-refractivity contribution in [3.63, 3.8) is 0 Å². The Morgan fingerprint density at radius 2 is 1.65 bits per heavy atom. The number of para-hydroxylation sites is 2. The predicted octanol–water partition coefficient (Wildman–Crippen LogP) is 3.68. The fourth-order valence-corrected chi connectivity index (χ4v) is 2.33. The molecule has 0 spiro atoms. The molecule has 2 amide bonds. The van der Waals surface area contributed by atoms with Crippen molar-refractivity contribution in [1.82, 2.24) is 10.6 Å². The van der Waals surface area contributed by atoms with Crippen molar-refractivity contribution < 1.29 is 14.3 Å². The van der Waals surface area contributed by atoms with E-state index in [0.29, 0.717) is 24.7 Å². The quantitative estimate of drug-likeness (QED) is 0.722. The Kier molecular flexibility index (Phi) is 6.75. The van der Waals surface area contributed by atoms with E-state index >= 15 is 0 Å². The molecule has 0 atom stereocenters. The molecular weight excluding hydrogens is 360 g/mol. The molecule has 2 aromatic rings. The Labute approximate surface area is 144 Å². The molecule has 2 aromatic carbocycles. The van der Waals surface area contributed by atoms with Gasteiger partial charge in [0.1, 0.15) is 0 Å². The van der Waals surface area contributed by atoms with Gasteiger partial charge in [-0.05, 0) is 30.7 Å². The number of hydrogen-bond donors (Lipinski definition) is 2. The second kappa shape index (κ2) is 9.05. The highest BCUT2D eigenvalue weighted by Gasteiger charge is 2.05. The molecule has 6 heteroatoms. The minimum absolute atomic E-state index is 0.0614. The van der Waals surface area contributed by atoms with Gasteiger partial charge in [-0.15, -0.1) is 0 Å². The van der Waals surface area contributed by atoms with Crippen LogP contribution in [0.4, 0.5) is 4.79 Å². The number of urea groups is 1. The maximum atomic E-state index is 11.8. The van der Waals surface area contributed by atoms with Crippen molar-refractivity contribution in [3.8, 4) is 11.5 Å². The van der Waals surface area contributed by atoms with Gasteiger partial charge in [0.15, 0.2) is 18.2 Å². The molecule has 0 aliphatic carbocycles. The highest BCUT2D eigenvalue weighted by molar-refractivity contribution is 9.10. The van der Waals surface area contributed by atoms with E-state index in [-0.39, 0.29) is 12.8 Å². The third-order valence-corrected chi connectivity index (χ3v) is 3.78. The second-order valence-corrected chi connectivity index (χ2v) is 5.47. The van der Waals surface area contributed by atoms with E-state index in [1.54, 1.807) is 6.07 Å². The van der Waals surface area contributed by atoms with Crippen LogP contribution in [0.5, 0.6) is 11.5 Å². The SMILES string of the molecule is CCOc1ccccc1OCNC(=O)NCc1ccccc1Br. The molecule has 0 unspecified atom stereocenters. The van der Waals surface area contributed by atoms with Gasteiger partial charge in [0.2, 0.25) is 0 Å². The minimum Gasteiger partial charge on any atom is -0.490 e. The summed E-state index contributed by atoms with van der Waals surface area (Å²) < 4.78 is 11.9. The third-order valence-electron chi connectivity index (χ3n) is 3.01. The first-order valence-corrected chi connectivity index (χ1v) is 8.09. The largest absolute Gasteiger partial charge is 0.490 e. The first kappa shape index (κ1) is 17.1. The van der Waals surface area contributed by atoms with Gasteiger partial charge in [0.25, 0.3) is 0 Å². The standard InChI is InChI=1S/C17H19BrN2O3/c1-2-22-15-9-5-6-10-16(15)23-12-20-17(21)19-11-13-7-3-4-8-14(13)18/h3-10H,2,11-12H2,1H3,(H2,19,20,21). The van der Waals surface area contributed by atoms with Crippen molar-refractivity contribution >= 4 is 22.0 Å². The molecule has 0 aromatic heterocycles. The molecule has 0 heterocycles. The number of nitrogens with one attached hydrogen (secondary N) is 2. The summed E-state index contributed by atoms with van der Waals surface area (Å²) in [6.07, 6.45) is 0. The molecular formula is C17H19BrN2O3. The summed E-state index contributed by atoms with van der Waals surface area (Å²) in [4.78, 5) is 11.8. The van der Waals surface area contributed by atoms with E-state index < -0.39 is 0 Å². The Balaban J connectivity index is 1.76. The number of amides is 2. The van der Waals surface area contributed by atoms with Crippen LogP contribution in [0.1, 0.15) is 12.5 Å². The lowest BCUT2D eigenvalue weighted by molar-refractivity contribution is 0.219. The average molecular weight is 379 g/mol. The summed E-state index contributed by atoms with van der Waals surface area (Å²) >= 11 is 3.44. The highest BCUT2D eigenvalue weighted by atomic mass is 79.9. The molecule has 23 heavy (non-hydrogen) atoms. The maximum Gasteiger partial charge on any atom is 0.317 e. The van der Waals surface area contributed by atoms with Crippen LogP contribution in [-0.2, 0) is 6.54 Å². The van der Waals surface area contributed by atoms with Crippen molar-refractivity contribution in [2.45, 2.75) is 13.5 Å². The molecule has 5 nitrogen and oxygen atoms in total. The average Bonchev–Trinajstić information content (AvgIpc) is 2.56. The van der Waals surface area contributed by atoms with E-state index in [1.165, 1.54) is 0 Å². The third kappa shape index (κ3) is 5.49. The van der Waals surface area contributed by atoms with Gasteiger partial charge >= 0.3 is 6.03 Å². The van der Waals surface area contributed by atoms with E-state index in [9.17, 15) is 4.79 Å². The zero-order chi connectivity index (χ0) is 16.5. The fourth-order valence-electron chi connectivity index (χ4n) is 1.90. The topological polar surface area (TPSA) is 59.6 Å². The Bertz CT molecular complexity index is 649. The Morgan fingerprint density at radius 3 is 2.35 bits per heavy atom. The minimum atomic E-state index is -0.297. The molecule has 0 radical (unpaired) electrons. The van der Waals surface area contributed by atoms with Crippen LogP contribution in [0.25, 0.3) is 0 Å². The number of ether oxygens (including phenoxy) is 2. The van der Waals surface area contributed by atoms with Crippen molar-refractivity contribution in [1.29, 1.82) is 0 Å². The van der Waals surface area contributed by atoms with Gasteiger partial charge in [0.05, 0.1) is 6.61 Å². The molecule has 122 valence electrons. The molecule has 0 saturated heterocycles. The fraction of sp³-hybridized carbons (Fsp3) is 0.235. The maximum absolute atomic E-state index is 11.8. The molecule has 0 aliphatic rings. The molecule has 0 fully saturated rings. The van der Waals surface area contributed by atoms with E-state index in [1.807, 2.05) is 49.4 Å². The second-order valence-electron chi connectivity index (χ2n) is 4.62. The van der Waals surface area contributed by atoms with Crippen LogP contribution < -0.4 is 20.1 Å². The van der Waals surface area contributed by atoms with Gasteiger partial charge in [-0.25, -0.2) is 4.79 Å². The summed E-state index contributed by atoms with van der Waals surface area (Å²) in [5.41, 5.74) is 1.00. The van der Waals surface area contributed by atoms with Gasteiger partial charge in [-0.3, -0.25) is 0 Å². The lowest BCUT2D eigenvalue weighted by atomic mass is 10.2. The van der Waals surface area contributed by atoms with Crippen LogP contribution in [0, 0.1) is 0 Å². The van der Waals surface area contributed by atoms with E-state index in [2.05, 4.69) is 26.6 Å². The van der Waals surface area contributed by atoms with Crippen LogP contribution in [0.15, 0.2) is 53.0 Å². The number of hydrogen-bond acceptors (Lipinski definition) is 3. The van der Waals surface area contributed by atoms with Crippen molar-refractivity contribution in [2.24, 2.45) is 0 Å². The summed E-state index contributed by atoms with van der Waals surface area (Å²) in [5.74, 6) is 1.26. The van der Waals surface area contributed by atoms with Crippen LogP contribution in [0.3, 0.4) is 0 Å². The van der Waals surface area contributed by atoms with Gasteiger partial charge < -0.3 is 20.1 Å². The smallest absolute Gasteiger partial charge is 0.317 e. The lowest BCUT2D eigenvalue weighted by Gasteiger charge is -2.13. The summed E-state index contributed by atoms with van der Waals surface area (Å²) in [6.45, 7) is 2.96. The van der Waals surface area contributed by atoms with Gasteiger partial charge in [-0.1, -0.05) is 46.3 Å². The number of carbonyl (C=O) groups excluding carboxylic acids is 1. The Hall–Kier alpha value is -2.21. The van der Waals surface area contributed by atoms with Crippen molar-refractivity contribution in [3.05, 3.63) is 58.6 Å². The molecule has 0 saturated carbocycles. The van der Waals surface area contributed by atoms with Crippen molar-refractivity contribution in [2.75, 3.05) is 13.3 Å². The van der Waals surface area contributed by atoms with Crippen LogP contribution >= 0.6 is 15.9 Å². The zero-order valence-electron chi connectivity index (χ0n) is 12.8. The number of carbonyl (C=O) groups is 1. The first-order chi connectivity index (χ1) is 11.2. The van der Waals surface area contributed by atoms with Gasteiger partial charge in [0, 0.05) is 11.0 Å². The highest BCUT2D eigenvalue weighted by Crippen LogP contribution is 2.25. The molecule has 0 bridgehead atoms. The predicted molar refractivity (Wildman–Crippen MR) is 92.6 cm³/mol. The monoisotopic (exact) mass is 378 g/mol. The molecule has 0 aliphatic heterocycles.